The fraction of sp³-hybridized carbons (Fsp3) is 0.667. The Labute approximate surface area is 46.6 Å². The smallest absolute Gasteiger partial charge is 0.275 e. The van der Waals surface area contributed by atoms with E-state index in [2.05, 4.69) is 4.18 Å². The van der Waals surface area contributed by atoms with Crippen molar-refractivity contribution in [1.82, 2.24) is 0 Å². The Kier molecular flexibility index (Phi) is 1.09. The van der Waals surface area contributed by atoms with E-state index >= 15 is 0 Å². The molecule has 0 aromatic heterocycles. The lowest BCUT2D eigenvalue weighted by atomic mass is 10.5. The summed E-state index contributed by atoms with van der Waals surface area (Å²) in [4.78, 5) is 10.2. The Bertz CT molecular complexity index is 201. The van der Waals surface area contributed by atoms with E-state index in [9.17, 15) is 13.2 Å². The van der Waals surface area contributed by atoms with Gasteiger partial charge in [-0.15, -0.1) is 0 Å². The van der Waals surface area contributed by atoms with Crippen LogP contribution in [-0.4, -0.2) is 26.6 Å². The number of hydrogen-bond donors (Lipinski definition) is 0. The molecule has 0 spiro atoms. The third-order valence-corrected chi connectivity index (χ3v) is 1.89. The van der Waals surface area contributed by atoms with Gasteiger partial charge in [0.2, 0.25) is 0 Å². The van der Waals surface area contributed by atoms with E-state index in [0.717, 1.165) is 0 Å². The molecule has 0 amide bonds. The fourth-order valence-electron chi connectivity index (χ4n) is 0.436. The highest BCUT2D eigenvalue weighted by molar-refractivity contribution is 7.87. The predicted molar refractivity (Wildman–Crippen MR) is 24.7 cm³/mol. The Balaban J connectivity index is 2.86. The van der Waals surface area contributed by atoms with Crippen LogP contribution in [0.1, 0.15) is 0 Å². The van der Waals surface area contributed by atoms with Crippen molar-refractivity contribution in [3.63, 3.8) is 0 Å². The number of Topliss-reactive ketones (excluding diaryl/α,β-unsaturated/α-hetero) is 1. The molecule has 0 aliphatic carbocycles. The van der Waals surface area contributed by atoms with Crippen LogP contribution < -0.4 is 0 Å². The third-order valence-electron chi connectivity index (χ3n) is 0.737. The molecule has 0 N–H and O–H groups in total. The fourth-order valence-corrected chi connectivity index (χ4v) is 1.31. The second kappa shape index (κ2) is 1.53. The quantitative estimate of drug-likeness (QED) is 0.397. The number of ketones is 1. The summed E-state index contributed by atoms with van der Waals surface area (Å²) in [6.45, 7) is -0.275. The summed E-state index contributed by atoms with van der Waals surface area (Å²) >= 11 is 0. The van der Waals surface area contributed by atoms with Crippen LogP contribution in [0.3, 0.4) is 0 Å². The largest absolute Gasteiger partial charge is 0.296 e. The van der Waals surface area contributed by atoms with Crippen molar-refractivity contribution in [3.05, 3.63) is 0 Å². The minimum atomic E-state index is -3.45. The van der Waals surface area contributed by atoms with Crippen LogP contribution in [0.5, 0.6) is 0 Å². The molecule has 0 aromatic rings. The first-order chi connectivity index (χ1) is 3.60. The molecular weight excluding hydrogens is 132 g/mol. The van der Waals surface area contributed by atoms with Crippen LogP contribution in [0.4, 0.5) is 0 Å². The van der Waals surface area contributed by atoms with Crippen LogP contribution >= 0.6 is 0 Å². The van der Waals surface area contributed by atoms with Gasteiger partial charge in [0, 0.05) is 0 Å². The van der Waals surface area contributed by atoms with E-state index < -0.39 is 15.9 Å². The molecule has 0 bridgehead atoms. The Hall–Kier alpha value is -0.420. The summed E-state index contributed by atoms with van der Waals surface area (Å²) < 4.78 is 24.5. The molecule has 46 valence electrons. The van der Waals surface area contributed by atoms with Gasteiger partial charge in [-0.25, -0.2) is 0 Å². The van der Waals surface area contributed by atoms with Crippen molar-refractivity contribution in [2.24, 2.45) is 0 Å². The molecule has 8 heavy (non-hydrogen) atoms. The molecule has 1 fully saturated rings. The SMILES string of the molecule is O=C1COS(=O)(=O)C1. The first-order valence-corrected chi connectivity index (χ1v) is 3.57. The van der Waals surface area contributed by atoms with Gasteiger partial charge in [-0.05, 0) is 0 Å². The first kappa shape index (κ1) is 5.71. The minimum absolute atomic E-state index is 0.275. The molecule has 0 saturated carbocycles. The van der Waals surface area contributed by atoms with Crippen molar-refractivity contribution >= 4 is 15.9 Å². The first-order valence-electron chi connectivity index (χ1n) is 1.99. The highest BCUT2D eigenvalue weighted by Crippen LogP contribution is 2.01. The zero-order valence-electron chi connectivity index (χ0n) is 3.96. The van der Waals surface area contributed by atoms with Crippen molar-refractivity contribution in [1.29, 1.82) is 0 Å². The molecular formula is C3H4O4S. The highest BCUT2D eigenvalue weighted by atomic mass is 32.2. The van der Waals surface area contributed by atoms with Crippen molar-refractivity contribution < 1.29 is 17.4 Å². The monoisotopic (exact) mass is 136 g/mol. The summed E-state index contributed by atoms with van der Waals surface area (Å²) in [6, 6.07) is 0. The Morgan fingerprint density at radius 3 is 2.25 bits per heavy atom. The van der Waals surface area contributed by atoms with Gasteiger partial charge in [0.15, 0.2) is 5.78 Å². The second-order valence-electron chi connectivity index (χ2n) is 1.50. The summed E-state index contributed by atoms with van der Waals surface area (Å²) in [5, 5.41) is 0. The summed E-state index contributed by atoms with van der Waals surface area (Å²) in [5.41, 5.74) is 0. The maximum absolute atomic E-state index is 10.2. The molecule has 1 aliphatic heterocycles. The molecule has 1 heterocycles. The normalized spacial score (nSPS) is 26.2. The lowest BCUT2D eigenvalue weighted by Crippen LogP contribution is -2.02. The van der Waals surface area contributed by atoms with Crippen molar-refractivity contribution in [2.75, 3.05) is 12.4 Å². The van der Waals surface area contributed by atoms with Gasteiger partial charge < -0.3 is 0 Å². The van der Waals surface area contributed by atoms with E-state index in [1.807, 2.05) is 0 Å². The van der Waals surface area contributed by atoms with Crippen LogP contribution in [0.25, 0.3) is 0 Å². The van der Waals surface area contributed by atoms with Crippen LogP contribution in [0, 0.1) is 0 Å². The number of hydrogen-bond acceptors (Lipinski definition) is 4. The van der Waals surface area contributed by atoms with Gasteiger partial charge in [-0.3, -0.25) is 8.98 Å². The van der Waals surface area contributed by atoms with Crippen LogP contribution in [0.2, 0.25) is 0 Å². The third kappa shape index (κ3) is 1.05. The zero-order chi connectivity index (χ0) is 6.20. The molecule has 0 atom stereocenters. The Morgan fingerprint density at radius 1 is 1.50 bits per heavy atom. The van der Waals surface area contributed by atoms with Gasteiger partial charge in [0.05, 0.1) is 0 Å². The number of carbonyl (C=O) groups is 1. The van der Waals surface area contributed by atoms with Gasteiger partial charge >= 0.3 is 0 Å². The van der Waals surface area contributed by atoms with E-state index in [1.54, 1.807) is 0 Å². The van der Waals surface area contributed by atoms with E-state index in [-0.39, 0.29) is 12.4 Å². The molecule has 1 aliphatic rings. The summed E-state index contributed by atoms with van der Waals surface area (Å²) in [6.07, 6.45) is 0. The standard InChI is InChI=1S/C3H4O4S/c4-3-1-7-8(5,6)2-3/h1-2H2. The van der Waals surface area contributed by atoms with Gasteiger partial charge in [-0.2, -0.15) is 8.42 Å². The average molecular weight is 136 g/mol. The number of carbonyl (C=O) groups excluding carboxylic acids is 1. The van der Waals surface area contributed by atoms with Crippen LogP contribution in [-0.2, 0) is 19.1 Å². The van der Waals surface area contributed by atoms with E-state index in [1.165, 1.54) is 0 Å². The lowest BCUT2D eigenvalue weighted by molar-refractivity contribution is -0.117. The summed E-state index contributed by atoms with van der Waals surface area (Å²) in [7, 11) is -3.45. The van der Waals surface area contributed by atoms with Crippen LogP contribution in [0.15, 0.2) is 0 Å². The molecule has 1 rings (SSSR count). The van der Waals surface area contributed by atoms with Crippen molar-refractivity contribution in [3.8, 4) is 0 Å². The minimum Gasteiger partial charge on any atom is -0.296 e. The van der Waals surface area contributed by atoms with Crippen molar-refractivity contribution in [2.45, 2.75) is 0 Å². The lowest BCUT2D eigenvalue weighted by Gasteiger charge is -1.82. The second-order valence-corrected chi connectivity index (χ2v) is 3.14. The van der Waals surface area contributed by atoms with Gasteiger partial charge in [0.1, 0.15) is 12.4 Å². The average Bonchev–Trinajstić information content (AvgIpc) is 1.82. The van der Waals surface area contributed by atoms with E-state index in [0.29, 0.717) is 0 Å². The summed E-state index contributed by atoms with van der Waals surface area (Å²) in [5.74, 6) is -0.822. The maximum Gasteiger partial charge on any atom is 0.275 e. The van der Waals surface area contributed by atoms with E-state index in [4.69, 9.17) is 0 Å². The molecule has 0 radical (unpaired) electrons. The molecule has 0 unspecified atom stereocenters. The molecule has 5 heteroatoms. The number of rotatable bonds is 0. The van der Waals surface area contributed by atoms with Gasteiger partial charge in [0.25, 0.3) is 10.1 Å². The van der Waals surface area contributed by atoms with Gasteiger partial charge in [-0.1, -0.05) is 0 Å². The zero-order valence-corrected chi connectivity index (χ0v) is 4.77. The maximum atomic E-state index is 10.2. The topological polar surface area (TPSA) is 60.4 Å². The molecule has 4 nitrogen and oxygen atoms in total. The molecule has 1 saturated heterocycles. The Morgan fingerprint density at radius 2 is 2.12 bits per heavy atom. The highest BCUT2D eigenvalue weighted by Gasteiger charge is 2.25. The molecule has 0 aromatic carbocycles. The predicted octanol–water partition coefficient (Wildman–Crippen LogP) is -1.08.